The Balaban J connectivity index is 2.19. The van der Waals surface area contributed by atoms with E-state index < -0.39 is 0 Å². The van der Waals surface area contributed by atoms with Gasteiger partial charge in [-0.05, 0) is 6.54 Å². The maximum absolute atomic E-state index is 11.6. The Morgan fingerprint density at radius 2 is 2.35 bits per heavy atom. The topological polar surface area (TPSA) is 71.8 Å². The number of aromatic nitrogens is 3. The Kier molecular flexibility index (Phi) is 5.62. The highest BCUT2D eigenvalue weighted by Gasteiger charge is 2.11. The van der Waals surface area contributed by atoms with Gasteiger partial charge in [0.1, 0.15) is 6.33 Å². The molecule has 2 N–H and O–H groups in total. The zero-order chi connectivity index (χ0) is 12.7. The van der Waals surface area contributed by atoms with Crippen LogP contribution in [0.25, 0.3) is 0 Å². The van der Waals surface area contributed by atoms with Crippen LogP contribution in [0.1, 0.15) is 19.7 Å². The molecule has 17 heavy (non-hydrogen) atoms. The number of rotatable bonds is 7. The van der Waals surface area contributed by atoms with Gasteiger partial charge in [0.25, 0.3) is 0 Å². The predicted octanol–water partition coefficient (Wildman–Crippen LogP) is -0.281. The average molecular weight is 239 g/mol. The van der Waals surface area contributed by atoms with Crippen molar-refractivity contribution < 1.29 is 4.79 Å². The molecular formula is C11H21N5O. The van der Waals surface area contributed by atoms with Crippen molar-refractivity contribution >= 4 is 5.91 Å². The van der Waals surface area contributed by atoms with Gasteiger partial charge in [0.2, 0.25) is 5.91 Å². The third kappa shape index (κ3) is 4.95. The van der Waals surface area contributed by atoms with Gasteiger partial charge >= 0.3 is 0 Å². The van der Waals surface area contributed by atoms with Crippen molar-refractivity contribution in [2.45, 2.75) is 20.3 Å². The van der Waals surface area contributed by atoms with E-state index in [2.05, 4.69) is 20.7 Å². The molecule has 1 unspecified atom stereocenters. The van der Waals surface area contributed by atoms with Crippen LogP contribution < -0.4 is 10.6 Å². The van der Waals surface area contributed by atoms with E-state index in [0.717, 1.165) is 12.4 Å². The SMILES string of the molecule is CCNCC(C)C(=O)NCCc1ncn(C)n1. The lowest BCUT2D eigenvalue weighted by atomic mass is 10.1. The second-order valence-corrected chi connectivity index (χ2v) is 4.08. The van der Waals surface area contributed by atoms with E-state index in [4.69, 9.17) is 0 Å². The van der Waals surface area contributed by atoms with Gasteiger partial charge in [-0.25, -0.2) is 4.98 Å². The molecule has 0 saturated carbocycles. The molecule has 1 aromatic rings. The monoisotopic (exact) mass is 239 g/mol. The second-order valence-electron chi connectivity index (χ2n) is 4.08. The third-order valence-corrected chi connectivity index (χ3v) is 2.44. The summed E-state index contributed by atoms with van der Waals surface area (Å²) in [6.45, 7) is 6.12. The van der Waals surface area contributed by atoms with Gasteiger partial charge < -0.3 is 10.6 Å². The van der Waals surface area contributed by atoms with Crippen LogP contribution in [0.2, 0.25) is 0 Å². The normalized spacial score (nSPS) is 12.4. The van der Waals surface area contributed by atoms with E-state index in [1.165, 1.54) is 0 Å². The quantitative estimate of drug-likeness (QED) is 0.686. The highest BCUT2D eigenvalue weighted by Crippen LogP contribution is 1.93. The number of nitrogens with zero attached hydrogens (tertiary/aromatic N) is 3. The number of hydrogen-bond donors (Lipinski definition) is 2. The van der Waals surface area contributed by atoms with Crippen molar-refractivity contribution in [3.05, 3.63) is 12.2 Å². The zero-order valence-electron chi connectivity index (χ0n) is 10.7. The van der Waals surface area contributed by atoms with E-state index >= 15 is 0 Å². The maximum atomic E-state index is 11.6. The molecule has 0 spiro atoms. The van der Waals surface area contributed by atoms with Crippen LogP contribution in [0.15, 0.2) is 6.33 Å². The molecule has 96 valence electrons. The first-order chi connectivity index (χ1) is 8.13. The lowest BCUT2D eigenvalue weighted by Gasteiger charge is -2.11. The van der Waals surface area contributed by atoms with Crippen LogP contribution in [0.5, 0.6) is 0 Å². The van der Waals surface area contributed by atoms with Gasteiger partial charge in [0, 0.05) is 32.5 Å². The lowest BCUT2D eigenvalue weighted by molar-refractivity contribution is -0.124. The van der Waals surface area contributed by atoms with Gasteiger partial charge in [-0.3, -0.25) is 9.48 Å². The van der Waals surface area contributed by atoms with Crippen molar-refractivity contribution in [1.29, 1.82) is 0 Å². The minimum atomic E-state index is -0.00774. The summed E-state index contributed by atoms with van der Waals surface area (Å²) in [6, 6.07) is 0. The van der Waals surface area contributed by atoms with Gasteiger partial charge in [0.05, 0.1) is 0 Å². The lowest BCUT2D eigenvalue weighted by Crippen LogP contribution is -2.36. The van der Waals surface area contributed by atoms with Gasteiger partial charge in [-0.2, -0.15) is 5.10 Å². The molecule has 0 radical (unpaired) electrons. The summed E-state index contributed by atoms with van der Waals surface area (Å²) in [5.74, 6) is 0.820. The standard InChI is InChI=1S/C11H21N5O/c1-4-12-7-9(2)11(17)13-6-5-10-14-8-16(3)15-10/h8-9,12H,4-7H2,1-3H3,(H,13,17). The molecule has 1 amide bonds. The number of hydrogen-bond acceptors (Lipinski definition) is 4. The van der Waals surface area contributed by atoms with Crippen molar-refractivity contribution in [3.63, 3.8) is 0 Å². The average Bonchev–Trinajstić information content (AvgIpc) is 2.71. The fourth-order valence-electron chi connectivity index (χ4n) is 1.42. The van der Waals surface area contributed by atoms with E-state index in [1.807, 2.05) is 20.9 Å². The maximum Gasteiger partial charge on any atom is 0.224 e. The fourth-order valence-corrected chi connectivity index (χ4v) is 1.42. The first-order valence-corrected chi connectivity index (χ1v) is 5.96. The molecule has 1 aromatic heterocycles. The summed E-state index contributed by atoms with van der Waals surface area (Å²) in [6.07, 6.45) is 2.32. The highest BCUT2D eigenvalue weighted by molar-refractivity contribution is 5.78. The van der Waals surface area contributed by atoms with Crippen LogP contribution in [0, 0.1) is 5.92 Å². The van der Waals surface area contributed by atoms with E-state index in [9.17, 15) is 4.79 Å². The minimum Gasteiger partial charge on any atom is -0.355 e. The fraction of sp³-hybridized carbons (Fsp3) is 0.727. The van der Waals surface area contributed by atoms with Crippen molar-refractivity contribution in [2.24, 2.45) is 13.0 Å². The van der Waals surface area contributed by atoms with Crippen LogP contribution in [-0.2, 0) is 18.3 Å². The second kappa shape index (κ2) is 7.01. The molecular weight excluding hydrogens is 218 g/mol. The molecule has 1 heterocycles. The number of nitrogens with one attached hydrogen (secondary N) is 2. The molecule has 6 nitrogen and oxygen atoms in total. The van der Waals surface area contributed by atoms with Crippen LogP contribution in [0.3, 0.4) is 0 Å². The Labute approximate surface area is 102 Å². The molecule has 0 aromatic carbocycles. The smallest absolute Gasteiger partial charge is 0.224 e. The van der Waals surface area contributed by atoms with Crippen LogP contribution >= 0.6 is 0 Å². The van der Waals surface area contributed by atoms with E-state index in [1.54, 1.807) is 11.0 Å². The Morgan fingerprint density at radius 1 is 1.59 bits per heavy atom. The van der Waals surface area contributed by atoms with Crippen molar-refractivity contribution in [1.82, 2.24) is 25.4 Å². The van der Waals surface area contributed by atoms with Crippen molar-refractivity contribution in [2.75, 3.05) is 19.6 Å². The summed E-state index contributed by atoms with van der Waals surface area (Å²) in [4.78, 5) is 15.7. The first-order valence-electron chi connectivity index (χ1n) is 5.96. The summed E-state index contributed by atoms with van der Waals surface area (Å²) in [5, 5.41) is 10.2. The number of amides is 1. The number of aryl methyl sites for hydroxylation is 1. The third-order valence-electron chi connectivity index (χ3n) is 2.44. The molecule has 0 saturated heterocycles. The highest BCUT2D eigenvalue weighted by atomic mass is 16.1. The summed E-state index contributed by atoms with van der Waals surface area (Å²) < 4.78 is 1.66. The summed E-state index contributed by atoms with van der Waals surface area (Å²) >= 11 is 0. The Bertz CT molecular complexity index is 349. The van der Waals surface area contributed by atoms with Crippen LogP contribution in [-0.4, -0.2) is 40.3 Å². The number of carbonyl (C=O) groups is 1. The Morgan fingerprint density at radius 3 is 2.94 bits per heavy atom. The molecule has 0 fully saturated rings. The molecule has 6 heteroatoms. The molecule has 1 rings (SSSR count). The predicted molar refractivity (Wildman–Crippen MR) is 65.4 cm³/mol. The molecule has 0 aliphatic heterocycles. The number of carbonyl (C=O) groups excluding carboxylic acids is 1. The van der Waals surface area contributed by atoms with Gasteiger partial charge in [0.15, 0.2) is 5.82 Å². The molecule has 0 aliphatic carbocycles. The first kappa shape index (κ1) is 13.6. The minimum absolute atomic E-state index is 0.00774. The largest absolute Gasteiger partial charge is 0.355 e. The Hall–Kier alpha value is -1.43. The van der Waals surface area contributed by atoms with E-state index in [0.29, 0.717) is 19.5 Å². The molecule has 0 bridgehead atoms. The summed E-state index contributed by atoms with van der Waals surface area (Å²) in [7, 11) is 1.83. The zero-order valence-corrected chi connectivity index (χ0v) is 10.7. The van der Waals surface area contributed by atoms with Gasteiger partial charge in [-0.1, -0.05) is 13.8 Å². The van der Waals surface area contributed by atoms with Crippen molar-refractivity contribution in [3.8, 4) is 0 Å². The molecule has 1 atom stereocenters. The molecule has 0 aliphatic rings. The van der Waals surface area contributed by atoms with Gasteiger partial charge in [-0.15, -0.1) is 0 Å². The van der Waals surface area contributed by atoms with E-state index in [-0.39, 0.29) is 11.8 Å². The van der Waals surface area contributed by atoms with Crippen LogP contribution in [0.4, 0.5) is 0 Å². The summed E-state index contributed by atoms with van der Waals surface area (Å²) in [5.41, 5.74) is 0.